The summed E-state index contributed by atoms with van der Waals surface area (Å²) in [6.07, 6.45) is 0. The van der Waals surface area contributed by atoms with Gasteiger partial charge in [-0.15, -0.1) is 0 Å². The Balaban J connectivity index is 2.98. The normalized spacial score (nSPS) is 10.9. The Morgan fingerprint density at radius 2 is 2.00 bits per heavy atom. The van der Waals surface area contributed by atoms with Gasteiger partial charge in [0.1, 0.15) is 0 Å². The number of aryl methyl sites for hydroxylation is 2. The molecule has 0 aliphatic carbocycles. The molecule has 0 saturated heterocycles. The molecule has 0 aliphatic heterocycles. The van der Waals surface area contributed by atoms with Gasteiger partial charge in [0.15, 0.2) is 9.84 Å². The maximum absolute atomic E-state index is 11.8. The molecular formula is C10H13N3O2S. The average Bonchev–Trinajstić information content (AvgIpc) is 2.22. The van der Waals surface area contributed by atoms with E-state index >= 15 is 0 Å². The summed E-state index contributed by atoms with van der Waals surface area (Å²) in [5, 5.41) is 3.22. The predicted molar refractivity (Wildman–Crippen MR) is 62.0 cm³/mol. The quantitative estimate of drug-likeness (QED) is 0.459. The van der Waals surface area contributed by atoms with Crippen molar-refractivity contribution in [1.29, 1.82) is 0 Å². The summed E-state index contributed by atoms with van der Waals surface area (Å²) in [4.78, 5) is 2.81. The van der Waals surface area contributed by atoms with Gasteiger partial charge in [-0.3, -0.25) is 0 Å². The van der Waals surface area contributed by atoms with Gasteiger partial charge in [0.2, 0.25) is 0 Å². The molecule has 0 amide bonds. The maximum Gasteiger partial charge on any atom is 0.178 e. The molecular weight excluding hydrogens is 226 g/mol. The van der Waals surface area contributed by atoms with Crippen molar-refractivity contribution in [2.45, 2.75) is 18.7 Å². The van der Waals surface area contributed by atoms with Gasteiger partial charge in [0.25, 0.3) is 0 Å². The van der Waals surface area contributed by atoms with Gasteiger partial charge in [-0.2, -0.15) is 0 Å². The number of azide groups is 1. The van der Waals surface area contributed by atoms with Crippen LogP contribution in [-0.2, 0) is 9.84 Å². The lowest BCUT2D eigenvalue weighted by molar-refractivity contribution is 0.595. The largest absolute Gasteiger partial charge is 0.224 e. The second-order valence-electron chi connectivity index (χ2n) is 3.52. The van der Waals surface area contributed by atoms with E-state index in [1.54, 1.807) is 18.2 Å². The standard InChI is InChI=1S/C10H13N3O2S/c1-8-3-4-10(7-9(8)2)16(14,15)6-5-12-13-11/h3-4,7H,5-6H2,1-2H3. The molecule has 0 aliphatic rings. The fourth-order valence-electron chi connectivity index (χ4n) is 1.23. The third-order valence-corrected chi connectivity index (χ3v) is 4.05. The van der Waals surface area contributed by atoms with E-state index < -0.39 is 9.84 Å². The molecule has 0 aromatic heterocycles. The van der Waals surface area contributed by atoms with E-state index in [9.17, 15) is 8.42 Å². The fourth-order valence-corrected chi connectivity index (χ4v) is 2.42. The number of hydrogen-bond acceptors (Lipinski definition) is 3. The second-order valence-corrected chi connectivity index (χ2v) is 5.63. The summed E-state index contributed by atoms with van der Waals surface area (Å²) in [6, 6.07) is 4.99. The molecule has 0 fully saturated rings. The highest BCUT2D eigenvalue weighted by Crippen LogP contribution is 2.15. The molecule has 0 bridgehead atoms. The van der Waals surface area contributed by atoms with E-state index in [2.05, 4.69) is 10.0 Å². The van der Waals surface area contributed by atoms with Crippen LogP contribution in [0.25, 0.3) is 10.4 Å². The minimum Gasteiger partial charge on any atom is -0.224 e. The number of rotatable bonds is 4. The van der Waals surface area contributed by atoms with E-state index in [1.807, 2.05) is 13.8 Å². The first kappa shape index (κ1) is 12.5. The third-order valence-electron chi connectivity index (χ3n) is 2.36. The van der Waals surface area contributed by atoms with Gasteiger partial charge in [-0.1, -0.05) is 11.2 Å². The molecule has 1 aromatic carbocycles. The highest BCUT2D eigenvalue weighted by atomic mass is 32.2. The number of nitrogens with zero attached hydrogens (tertiary/aromatic N) is 3. The van der Waals surface area contributed by atoms with E-state index in [4.69, 9.17) is 5.53 Å². The summed E-state index contributed by atoms with van der Waals surface area (Å²) < 4.78 is 23.6. The Bertz CT molecular complexity index is 531. The number of hydrogen-bond donors (Lipinski definition) is 0. The van der Waals surface area contributed by atoms with Crippen molar-refractivity contribution >= 4 is 9.84 Å². The van der Waals surface area contributed by atoms with E-state index in [-0.39, 0.29) is 17.2 Å². The van der Waals surface area contributed by atoms with Gasteiger partial charge in [0.05, 0.1) is 10.6 Å². The SMILES string of the molecule is Cc1ccc(S(=O)(=O)CCN=[N+]=[N-])cc1C. The van der Waals surface area contributed by atoms with Crippen LogP contribution in [0, 0.1) is 13.8 Å². The fraction of sp³-hybridized carbons (Fsp3) is 0.400. The molecule has 1 aromatic rings. The van der Waals surface area contributed by atoms with Crippen LogP contribution >= 0.6 is 0 Å². The highest BCUT2D eigenvalue weighted by molar-refractivity contribution is 7.91. The molecule has 86 valence electrons. The Kier molecular flexibility index (Phi) is 3.93. The molecule has 0 unspecified atom stereocenters. The van der Waals surface area contributed by atoms with E-state index in [0.29, 0.717) is 0 Å². The first-order chi connectivity index (χ1) is 7.47. The van der Waals surface area contributed by atoms with E-state index in [0.717, 1.165) is 11.1 Å². The van der Waals surface area contributed by atoms with Crippen molar-refractivity contribution in [3.8, 4) is 0 Å². The van der Waals surface area contributed by atoms with Crippen LogP contribution < -0.4 is 0 Å². The monoisotopic (exact) mass is 239 g/mol. The Hall–Kier alpha value is -1.52. The molecule has 0 N–H and O–H groups in total. The molecule has 16 heavy (non-hydrogen) atoms. The van der Waals surface area contributed by atoms with Crippen molar-refractivity contribution in [2.24, 2.45) is 5.11 Å². The summed E-state index contributed by atoms with van der Waals surface area (Å²) in [5.74, 6) is -0.153. The number of sulfone groups is 1. The van der Waals surface area contributed by atoms with Gasteiger partial charge < -0.3 is 0 Å². The first-order valence-corrected chi connectivity index (χ1v) is 6.43. The molecule has 0 saturated carbocycles. The topological polar surface area (TPSA) is 82.9 Å². The van der Waals surface area contributed by atoms with E-state index in [1.165, 1.54) is 0 Å². The maximum atomic E-state index is 11.8. The van der Waals surface area contributed by atoms with Crippen molar-refractivity contribution in [2.75, 3.05) is 12.3 Å². The molecule has 0 heterocycles. The minimum absolute atomic E-state index is 0.0360. The smallest absolute Gasteiger partial charge is 0.178 e. The zero-order valence-corrected chi connectivity index (χ0v) is 10.0. The number of benzene rings is 1. The molecule has 0 radical (unpaired) electrons. The highest BCUT2D eigenvalue weighted by Gasteiger charge is 2.13. The summed E-state index contributed by atoms with van der Waals surface area (Å²) in [7, 11) is -3.34. The predicted octanol–water partition coefficient (Wildman–Crippen LogP) is 2.39. The van der Waals surface area contributed by atoms with Crippen LogP contribution in [-0.4, -0.2) is 20.7 Å². The first-order valence-electron chi connectivity index (χ1n) is 4.78. The van der Waals surface area contributed by atoms with Crippen LogP contribution in [0.4, 0.5) is 0 Å². The van der Waals surface area contributed by atoms with Gasteiger partial charge in [-0.25, -0.2) is 8.42 Å². The van der Waals surface area contributed by atoms with Crippen molar-refractivity contribution in [3.63, 3.8) is 0 Å². The Morgan fingerprint density at radius 1 is 1.31 bits per heavy atom. The van der Waals surface area contributed by atoms with Gasteiger partial charge >= 0.3 is 0 Å². The third kappa shape index (κ3) is 2.98. The zero-order chi connectivity index (χ0) is 12.2. The van der Waals surface area contributed by atoms with Crippen LogP contribution in [0.15, 0.2) is 28.2 Å². The lowest BCUT2D eigenvalue weighted by Crippen LogP contribution is -2.09. The summed E-state index contributed by atoms with van der Waals surface area (Å²) in [6.45, 7) is 3.75. The Labute approximate surface area is 94.7 Å². The lowest BCUT2D eigenvalue weighted by atomic mass is 10.1. The van der Waals surface area contributed by atoms with Crippen molar-refractivity contribution in [1.82, 2.24) is 0 Å². The molecule has 0 atom stereocenters. The molecule has 1 rings (SSSR count). The van der Waals surface area contributed by atoms with Crippen molar-refractivity contribution in [3.05, 3.63) is 39.8 Å². The molecule has 0 spiro atoms. The van der Waals surface area contributed by atoms with Crippen molar-refractivity contribution < 1.29 is 8.42 Å². The van der Waals surface area contributed by atoms with Gasteiger partial charge in [0, 0.05) is 11.5 Å². The van der Waals surface area contributed by atoms with Crippen LogP contribution in [0.5, 0.6) is 0 Å². The average molecular weight is 239 g/mol. The van der Waals surface area contributed by atoms with Gasteiger partial charge in [-0.05, 0) is 42.6 Å². The second kappa shape index (κ2) is 5.01. The van der Waals surface area contributed by atoms with Crippen LogP contribution in [0.3, 0.4) is 0 Å². The van der Waals surface area contributed by atoms with Crippen LogP contribution in [0.2, 0.25) is 0 Å². The molecule has 6 heteroatoms. The molecule has 5 nitrogen and oxygen atoms in total. The zero-order valence-electron chi connectivity index (χ0n) is 9.21. The van der Waals surface area contributed by atoms with Crippen LogP contribution in [0.1, 0.15) is 11.1 Å². The lowest BCUT2D eigenvalue weighted by Gasteiger charge is -2.05. The Morgan fingerprint density at radius 3 is 2.56 bits per heavy atom. The summed E-state index contributed by atoms with van der Waals surface area (Å²) >= 11 is 0. The summed E-state index contributed by atoms with van der Waals surface area (Å²) in [5.41, 5.74) is 10.1. The minimum atomic E-state index is -3.34.